The van der Waals surface area contributed by atoms with E-state index in [9.17, 15) is 0 Å². The van der Waals surface area contributed by atoms with Crippen LogP contribution >= 0.6 is 0 Å². The van der Waals surface area contributed by atoms with Gasteiger partial charge in [0.2, 0.25) is 0 Å². The number of aromatic nitrogens is 1. The van der Waals surface area contributed by atoms with Gasteiger partial charge < -0.3 is 9.47 Å². The summed E-state index contributed by atoms with van der Waals surface area (Å²) in [4.78, 5) is 2.34. The van der Waals surface area contributed by atoms with Crippen LogP contribution in [0.1, 0.15) is 0 Å². The molecule has 0 unspecified atom stereocenters. The van der Waals surface area contributed by atoms with Crippen LogP contribution in [0.2, 0.25) is 0 Å². The lowest BCUT2D eigenvalue weighted by Crippen LogP contribution is -2.09. The summed E-state index contributed by atoms with van der Waals surface area (Å²) in [6.07, 6.45) is 0. The minimum absolute atomic E-state index is 1.10. The van der Waals surface area contributed by atoms with Crippen LogP contribution in [0, 0.1) is 0 Å². The van der Waals surface area contributed by atoms with E-state index in [0.29, 0.717) is 0 Å². The predicted molar refractivity (Wildman–Crippen MR) is 263 cm³/mol. The minimum Gasteiger partial charge on any atom is -0.311 e. The highest BCUT2D eigenvalue weighted by Gasteiger charge is 2.17. The highest BCUT2D eigenvalue weighted by atomic mass is 15.1. The number of rotatable bonds is 9. The smallest absolute Gasteiger partial charge is 0.0541 e. The number of fused-ring (bicyclic) bond motifs is 3. The number of hydrogen-bond acceptors (Lipinski definition) is 1. The lowest BCUT2D eigenvalue weighted by atomic mass is 9.97. The number of benzene rings is 10. The fraction of sp³-hybridized carbons (Fsp3) is 0. The number of hydrogen-bond donors (Lipinski definition) is 0. The Kier molecular flexibility index (Phi) is 9.57. The summed E-state index contributed by atoms with van der Waals surface area (Å²) in [5.74, 6) is 0. The molecule has 0 aliphatic carbocycles. The zero-order valence-corrected chi connectivity index (χ0v) is 34.1. The van der Waals surface area contributed by atoms with Crippen molar-refractivity contribution in [1.29, 1.82) is 0 Å². The van der Waals surface area contributed by atoms with Crippen LogP contribution in [0.5, 0.6) is 0 Å². The fourth-order valence-corrected chi connectivity index (χ4v) is 8.86. The molecule has 0 amide bonds. The third kappa shape index (κ3) is 7.04. The Hall–Kier alpha value is -8.20. The molecule has 0 bridgehead atoms. The van der Waals surface area contributed by atoms with E-state index in [4.69, 9.17) is 0 Å². The summed E-state index contributed by atoms with van der Waals surface area (Å²) >= 11 is 0. The molecule has 2 heteroatoms. The van der Waals surface area contributed by atoms with Crippen LogP contribution < -0.4 is 4.90 Å². The number of nitrogens with zero attached hydrogens (tertiary/aromatic N) is 2. The van der Waals surface area contributed by atoms with Gasteiger partial charge in [-0.1, -0.05) is 176 Å². The van der Waals surface area contributed by atoms with Crippen molar-refractivity contribution in [3.05, 3.63) is 255 Å². The maximum atomic E-state index is 2.39. The molecular formula is C60H42N2. The van der Waals surface area contributed by atoms with Crippen molar-refractivity contribution in [2.24, 2.45) is 0 Å². The van der Waals surface area contributed by atoms with E-state index in [1.165, 1.54) is 77.4 Å². The minimum atomic E-state index is 1.10. The molecule has 10 aromatic carbocycles. The van der Waals surface area contributed by atoms with Crippen molar-refractivity contribution in [1.82, 2.24) is 4.57 Å². The second-order valence-electron chi connectivity index (χ2n) is 15.8. The lowest BCUT2D eigenvalue weighted by Gasteiger charge is -2.26. The van der Waals surface area contributed by atoms with Gasteiger partial charge in [-0.25, -0.2) is 0 Å². The molecule has 1 heterocycles. The zero-order chi connectivity index (χ0) is 41.2. The van der Waals surface area contributed by atoms with E-state index in [2.05, 4.69) is 264 Å². The van der Waals surface area contributed by atoms with Gasteiger partial charge in [0.25, 0.3) is 0 Å². The van der Waals surface area contributed by atoms with Crippen molar-refractivity contribution < 1.29 is 0 Å². The van der Waals surface area contributed by atoms with Gasteiger partial charge in [0.05, 0.1) is 11.0 Å². The average molecular weight is 791 g/mol. The molecule has 2 nitrogen and oxygen atoms in total. The monoisotopic (exact) mass is 790 g/mol. The molecule has 0 aliphatic rings. The largest absolute Gasteiger partial charge is 0.311 e. The molecule has 0 atom stereocenters. The molecule has 0 spiro atoms. The van der Waals surface area contributed by atoms with Crippen LogP contribution in [0.25, 0.3) is 83.1 Å². The highest BCUT2D eigenvalue weighted by molar-refractivity contribution is 6.11. The van der Waals surface area contributed by atoms with Crippen LogP contribution in [0.15, 0.2) is 255 Å². The normalized spacial score (nSPS) is 11.2. The first-order chi connectivity index (χ1) is 30.7. The van der Waals surface area contributed by atoms with Gasteiger partial charge in [0.15, 0.2) is 0 Å². The van der Waals surface area contributed by atoms with Crippen molar-refractivity contribution in [3.63, 3.8) is 0 Å². The van der Waals surface area contributed by atoms with Gasteiger partial charge in [0, 0.05) is 33.5 Å². The zero-order valence-electron chi connectivity index (χ0n) is 34.1. The topological polar surface area (TPSA) is 8.17 Å². The third-order valence-electron chi connectivity index (χ3n) is 12.0. The second-order valence-corrected chi connectivity index (χ2v) is 15.8. The Morgan fingerprint density at radius 2 is 0.516 bits per heavy atom. The predicted octanol–water partition coefficient (Wildman–Crippen LogP) is 16.6. The van der Waals surface area contributed by atoms with Gasteiger partial charge in [-0.15, -0.1) is 0 Å². The molecule has 0 radical (unpaired) electrons. The quantitative estimate of drug-likeness (QED) is 0.141. The van der Waals surface area contributed by atoms with Crippen molar-refractivity contribution in [2.75, 3.05) is 4.90 Å². The molecule has 0 aliphatic heterocycles. The molecule has 11 rings (SSSR count). The molecule has 0 saturated heterocycles. The van der Waals surface area contributed by atoms with Crippen LogP contribution in [-0.4, -0.2) is 4.57 Å². The first-order valence-corrected chi connectivity index (χ1v) is 21.2. The summed E-state index contributed by atoms with van der Waals surface area (Å²) in [6, 6.07) is 92.0. The van der Waals surface area contributed by atoms with Crippen molar-refractivity contribution in [3.8, 4) is 61.3 Å². The maximum Gasteiger partial charge on any atom is 0.0541 e. The number of para-hydroxylation sites is 1. The molecule has 0 fully saturated rings. The highest BCUT2D eigenvalue weighted by Crippen LogP contribution is 2.40. The Morgan fingerprint density at radius 1 is 0.226 bits per heavy atom. The summed E-state index contributed by atoms with van der Waals surface area (Å²) < 4.78 is 2.39. The Bertz CT molecular complexity index is 3200. The standard InChI is InChI=1S/C60H42N2/c1-5-14-43(15-6-1)46-24-32-54(33-25-46)61(55-34-26-47(27-35-55)44-16-7-2-8-17-44)56-36-28-48(29-37-56)49-20-13-21-50(40-49)52-31-39-60-58(42-52)57-41-51(45-18-9-3-10-19-45)30-38-59(57)62(60)53-22-11-4-12-23-53/h1-42H. The van der Waals surface area contributed by atoms with E-state index in [1.807, 2.05) is 0 Å². The van der Waals surface area contributed by atoms with Gasteiger partial charge in [0.1, 0.15) is 0 Å². The van der Waals surface area contributed by atoms with Crippen LogP contribution in [0.3, 0.4) is 0 Å². The summed E-state index contributed by atoms with van der Waals surface area (Å²) in [7, 11) is 0. The Morgan fingerprint density at radius 3 is 0.952 bits per heavy atom. The average Bonchev–Trinajstić information content (AvgIpc) is 3.69. The van der Waals surface area contributed by atoms with E-state index in [1.54, 1.807) is 0 Å². The Balaban J connectivity index is 0.951. The molecule has 292 valence electrons. The van der Waals surface area contributed by atoms with Gasteiger partial charge in [-0.2, -0.15) is 0 Å². The van der Waals surface area contributed by atoms with Gasteiger partial charge in [-0.05, 0) is 134 Å². The molecule has 62 heavy (non-hydrogen) atoms. The van der Waals surface area contributed by atoms with E-state index < -0.39 is 0 Å². The van der Waals surface area contributed by atoms with Gasteiger partial charge >= 0.3 is 0 Å². The van der Waals surface area contributed by atoms with Crippen LogP contribution in [0.4, 0.5) is 17.1 Å². The first-order valence-electron chi connectivity index (χ1n) is 21.2. The van der Waals surface area contributed by atoms with Crippen molar-refractivity contribution in [2.45, 2.75) is 0 Å². The maximum absolute atomic E-state index is 2.39. The van der Waals surface area contributed by atoms with Crippen molar-refractivity contribution >= 4 is 38.9 Å². The molecule has 1 aromatic heterocycles. The van der Waals surface area contributed by atoms with E-state index >= 15 is 0 Å². The molecule has 0 saturated carbocycles. The summed E-state index contributed by atoms with van der Waals surface area (Å²) in [5, 5.41) is 2.48. The number of anilines is 3. The lowest BCUT2D eigenvalue weighted by molar-refractivity contribution is 1.18. The van der Waals surface area contributed by atoms with E-state index in [0.717, 1.165) is 22.7 Å². The molecular weight excluding hydrogens is 749 g/mol. The summed E-state index contributed by atoms with van der Waals surface area (Å²) in [5.41, 5.74) is 18.8. The molecule has 11 aromatic rings. The molecule has 0 N–H and O–H groups in total. The second kappa shape index (κ2) is 16.1. The first kappa shape index (κ1) is 36.8. The summed E-state index contributed by atoms with van der Waals surface area (Å²) in [6.45, 7) is 0. The Labute approximate surface area is 362 Å². The van der Waals surface area contributed by atoms with Gasteiger partial charge in [-0.3, -0.25) is 0 Å². The fourth-order valence-electron chi connectivity index (χ4n) is 8.86. The third-order valence-corrected chi connectivity index (χ3v) is 12.0. The van der Waals surface area contributed by atoms with E-state index in [-0.39, 0.29) is 0 Å². The van der Waals surface area contributed by atoms with Crippen LogP contribution in [-0.2, 0) is 0 Å². The SMILES string of the molecule is c1ccc(-c2ccc(N(c3ccc(-c4ccccc4)cc3)c3ccc(-c4cccc(-c5ccc6c(c5)c5cc(-c7ccccc7)ccc5n6-c5ccccc5)c4)cc3)cc2)cc1.